The average molecular weight is 533 g/mol. The van der Waals surface area contributed by atoms with Crippen molar-refractivity contribution in [3.8, 4) is 0 Å². The lowest BCUT2D eigenvalue weighted by Gasteiger charge is -2.36. The number of nitrogens with one attached hydrogen (secondary N) is 2. The normalized spacial score (nSPS) is 17.2. The maximum absolute atomic E-state index is 13.4. The maximum Gasteiger partial charge on any atom is 0.259 e. The lowest BCUT2D eigenvalue weighted by molar-refractivity contribution is 0.0853. The summed E-state index contributed by atoms with van der Waals surface area (Å²) < 4.78 is 48.0. The summed E-state index contributed by atoms with van der Waals surface area (Å²) in [5.41, 5.74) is 2.90. The molecule has 1 aliphatic rings. The molecule has 2 N–H and O–H groups in total. The van der Waals surface area contributed by atoms with Crippen molar-refractivity contribution < 1.29 is 13.0 Å². The van der Waals surface area contributed by atoms with Gasteiger partial charge in [-0.2, -0.15) is 0 Å². The Morgan fingerprint density at radius 3 is 2.41 bits per heavy atom. The van der Waals surface area contributed by atoms with Crippen molar-refractivity contribution in [2.24, 2.45) is 7.05 Å². The average Bonchev–Trinajstić information content (AvgIpc) is 2.82. The zero-order valence-corrected chi connectivity index (χ0v) is 22.7. The fourth-order valence-corrected chi connectivity index (χ4v) is 5.81. The van der Waals surface area contributed by atoms with Crippen LogP contribution in [0.5, 0.6) is 0 Å². The van der Waals surface area contributed by atoms with Crippen LogP contribution in [0.4, 0.5) is 20.3 Å². The largest absolute Gasteiger partial charge is 0.376 e. The van der Waals surface area contributed by atoms with E-state index in [0.717, 1.165) is 22.3 Å². The number of benzene rings is 1. The second kappa shape index (κ2) is 10.4. The minimum absolute atomic E-state index is 0.125. The number of nitrogens with zero attached hydrogens (tertiary/aromatic N) is 4. The molecule has 37 heavy (non-hydrogen) atoms. The van der Waals surface area contributed by atoms with Crippen LogP contribution < -0.4 is 15.8 Å². The van der Waals surface area contributed by atoms with E-state index < -0.39 is 16.2 Å². The Morgan fingerprint density at radius 1 is 1.11 bits per heavy atom. The molecule has 0 aliphatic carbocycles. The summed E-state index contributed by atoms with van der Waals surface area (Å²) in [6.45, 7) is 7.55. The van der Waals surface area contributed by atoms with E-state index in [9.17, 15) is 17.8 Å². The van der Waals surface area contributed by atoms with Crippen LogP contribution in [0.1, 0.15) is 29.8 Å². The third-order valence-corrected chi connectivity index (χ3v) is 7.86. The Balaban J connectivity index is 1.74. The maximum atomic E-state index is 13.4. The summed E-state index contributed by atoms with van der Waals surface area (Å²) in [5.74, 6) is 0.743. The quantitative estimate of drug-likeness (QED) is 0.475. The van der Waals surface area contributed by atoms with E-state index in [4.69, 9.17) is 4.78 Å². The number of alkyl halides is 2. The summed E-state index contributed by atoms with van der Waals surface area (Å²) in [6, 6.07) is 9.20. The number of hydrogen-bond acceptors (Lipinski definition) is 7. The van der Waals surface area contributed by atoms with Gasteiger partial charge in [0.1, 0.15) is 5.82 Å². The van der Waals surface area contributed by atoms with Crippen molar-refractivity contribution >= 4 is 32.0 Å². The first kappa shape index (κ1) is 27.0. The van der Waals surface area contributed by atoms with Crippen molar-refractivity contribution in [2.75, 3.05) is 49.2 Å². The van der Waals surface area contributed by atoms with Crippen LogP contribution in [0.3, 0.4) is 0 Å². The van der Waals surface area contributed by atoms with Crippen molar-refractivity contribution in [1.29, 1.82) is 4.78 Å². The van der Waals surface area contributed by atoms with Gasteiger partial charge in [-0.15, -0.1) is 0 Å². The Kier molecular flexibility index (Phi) is 7.57. The molecule has 2 aromatic heterocycles. The molecule has 8 nitrogen and oxygen atoms in total. The van der Waals surface area contributed by atoms with E-state index in [1.54, 1.807) is 35.6 Å². The van der Waals surface area contributed by atoms with Crippen molar-refractivity contribution in [2.45, 2.75) is 38.3 Å². The van der Waals surface area contributed by atoms with Crippen LogP contribution in [0.15, 0.2) is 40.2 Å². The zero-order valence-electron chi connectivity index (χ0n) is 21.8. The molecular weight excluding hydrogens is 498 g/mol. The first-order valence-corrected chi connectivity index (χ1v) is 14.2. The molecule has 1 saturated heterocycles. The molecule has 1 aliphatic heterocycles. The summed E-state index contributed by atoms with van der Waals surface area (Å²) >= 11 is 0. The highest BCUT2D eigenvalue weighted by Gasteiger charge is 2.24. The Morgan fingerprint density at radius 2 is 1.78 bits per heavy atom. The summed E-state index contributed by atoms with van der Waals surface area (Å²) in [7, 11) is -1.33. The SMILES string of the molecule is Cc1cc([C@@H](C)Nc2ccc(C)nc2S(C)(=N)=O)c2cc(N3CCN(CC(F)F)CC3)n(C)c(=O)c2c1. The van der Waals surface area contributed by atoms with Crippen LogP contribution in [0.2, 0.25) is 0 Å². The zero-order chi connectivity index (χ0) is 27.1. The first-order chi connectivity index (χ1) is 17.3. The van der Waals surface area contributed by atoms with E-state index in [-0.39, 0.29) is 23.2 Å². The van der Waals surface area contributed by atoms with Crippen molar-refractivity contribution in [1.82, 2.24) is 14.5 Å². The number of anilines is 2. The molecule has 0 amide bonds. The van der Waals surface area contributed by atoms with E-state index in [1.165, 1.54) is 6.26 Å². The minimum atomic E-state index is -3.06. The third-order valence-electron chi connectivity index (χ3n) is 6.81. The Hall–Kier alpha value is -3.05. The monoisotopic (exact) mass is 532 g/mol. The molecule has 1 aromatic carbocycles. The predicted molar refractivity (Wildman–Crippen MR) is 145 cm³/mol. The summed E-state index contributed by atoms with van der Waals surface area (Å²) in [4.78, 5) is 21.6. The second-order valence-electron chi connectivity index (χ2n) is 9.88. The van der Waals surface area contributed by atoms with Gasteiger partial charge in [-0.05, 0) is 61.5 Å². The van der Waals surface area contributed by atoms with Gasteiger partial charge in [-0.25, -0.2) is 22.8 Å². The van der Waals surface area contributed by atoms with E-state index in [0.29, 0.717) is 42.9 Å². The van der Waals surface area contributed by atoms with E-state index >= 15 is 0 Å². The molecule has 0 spiro atoms. The number of rotatable bonds is 7. The Labute approximate surface area is 216 Å². The van der Waals surface area contributed by atoms with Crippen molar-refractivity contribution in [3.05, 3.63) is 57.5 Å². The lowest BCUT2D eigenvalue weighted by atomic mass is 9.97. The second-order valence-corrected chi connectivity index (χ2v) is 11.9. The van der Waals surface area contributed by atoms with E-state index in [2.05, 4.69) is 15.2 Å². The van der Waals surface area contributed by atoms with Crippen LogP contribution in [-0.2, 0) is 16.8 Å². The number of piperazine rings is 1. The van der Waals surface area contributed by atoms with Gasteiger partial charge in [0.05, 0.1) is 22.0 Å². The van der Waals surface area contributed by atoms with Gasteiger partial charge in [-0.3, -0.25) is 14.3 Å². The van der Waals surface area contributed by atoms with Gasteiger partial charge in [0.2, 0.25) is 0 Å². The molecule has 0 bridgehead atoms. The summed E-state index contributed by atoms with van der Waals surface area (Å²) in [5, 5.41) is 4.96. The van der Waals surface area contributed by atoms with Crippen LogP contribution in [0, 0.1) is 18.6 Å². The minimum Gasteiger partial charge on any atom is -0.376 e. The molecule has 11 heteroatoms. The molecule has 2 atom stereocenters. The molecular formula is C26H34F2N6O2S. The fraction of sp³-hybridized carbons (Fsp3) is 0.462. The molecule has 4 rings (SSSR count). The lowest BCUT2D eigenvalue weighted by Crippen LogP contribution is -2.49. The molecule has 1 fully saturated rings. The smallest absolute Gasteiger partial charge is 0.259 e. The summed E-state index contributed by atoms with van der Waals surface area (Å²) in [6.07, 6.45) is -1.01. The molecule has 200 valence electrons. The Bertz CT molecular complexity index is 1480. The third kappa shape index (κ3) is 5.77. The molecule has 1 unspecified atom stereocenters. The predicted octanol–water partition coefficient (Wildman–Crippen LogP) is 4.15. The van der Waals surface area contributed by atoms with Crippen LogP contribution in [0.25, 0.3) is 10.8 Å². The molecule has 3 aromatic rings. The van der Waals surface area contributed by atoms with Crippen LogP contribution in [-0.4, -0.2) is 64.1 Å². The number of pyridine rings is 2. The number of aryl methyl sites for hydroxylation is 2. The number of aromatic nitrogens is 2. The van der Waals surface area contributed by atoms with Gasteiger partial charge >= 0.3 is 0 Å². The number of halogens is 2. The number of fused-ring (bicyclic) bond motifs is 1. The highest BCUT2D eigenvalue weighted by Crippen LogP contribution is 2.31. The fourth-order valence-electron chi connectivity index (χ4n) is 4.94. The van der Waals surface area contributed by atoms with E-state index in [1.807, 2.05) is 32.0 Å². The molecule has 0 saturated carbocycles. The topological polar surface area (TPSA) is 94.3 Å². The van der Waals surface area contributed by atoms with Gasteiger partial charge in [-0.1, -0.05) is 6.07 Å². The number of hydrogen-bond donors (Lipinski definition) is 2. The standard InChI is InChI=1S/C26H34F2N6O2S/c1-16-12-19(18(3)31-22-7-6-17(2)30-25(22)37(5,29)36)20-14-24(32(4)26(35)21(20)13-16)34-10-8-33(9-11-34)15-23(27)28/h6-7,12-14,18,23,29,31H,8-11,15H2,1-5H3/t18-,37?/m1/s1. The molecule has 3 heterocycles. The van der Waals surface area contributed by atoms with Gasteiger partial charge in [0, 0.05) is 56.6 Å². The van der Waals surface area contributed by atoms with Gasteiger partial charge in [0.15, 0.2) is 5.03 Å². The highest BCUT2D eigenvalue weighted by molar-refractivity contribution is 7.91. The van der Waals surface area contributed by atoms with Crippen molar-refractivity contribution in [3.63, 3.8) is 0 Å². The van der Waals surface area contributed by atoms with Crippen LogP contribution >= 0.6 is 0 Å². The first-order valence-electron chi connectivity index (χ1n) is 12.2. The van der Waals surface area contributed by atoms with Gasteiger partial charge < -0.3 is 10.2 Å². The van der Waals surface area contributed by atoms with Gasteiger partial charge in [0.25, 0.3) is 12.0 Å². The molecule has 0 radical (unpaired) electrons. The highest BCUT2D eigenvalue weighted by atomic mass is 32.2.